The van der Waals surface area contributed by atoms with E-state index in [1.807, 2.05) is 0 Å². The number of rotatable bonds is 3. The summed E-state index contributed by atoms with van der Waals surface area (Å²) >= 11 is 0. The molecule has 0 atom stereocenters. The van der Waals surface area contributed by atoms with Crippen molar-refractivity contribution in [2.24, 2.45) is 0 Å². The van der Waals surface area contributed by atoms with Crippen molar-refractivity contribution in [2.45, 2.75) is 0 Å². The van der Waals surface area contributed by atoms with E-state index in [9.17, 15) is 14.9 Å². The average Bonchev–Trinajstić information content (AvgIpc) is 3.04. The van der Waals surface area contributed by atoms with Gasteiger partial charge in [0.15, 0.2) is 5.58 Å². The summed E-state index contributed by atoms with van der Waals surface area (Å²) in [5, 5.41) is 23.2. The van der Waals surface area contributed by atoms with Gasteiger partial charge in [0.2, 0.25) is 0 Å². The second kappa shape index (κ2) is 4.16. The Morgan fingerprint density at radius 2 is 2.25 bits per heavy atom. The Hall–Kier alpha value is -3.23. The molecule has 9 nitrogen and oxygen atoms in total. The molecule has 0 aliphatic heterocycles. The lowest BCUT2D eigenvalue weighted by Gasteiger charge is -1.91. The molecule has 3 aromatic rings. The van der Waals surface area contributed by atoms with Crippen LogP contribution in [0.15, 0.2) is 35.0 Å². The molecule has 9 heteroatoms. The number of aromatic carboxylic acids is 1. The van der Waals surface area contributed by atoms with E-state index < -0.39 is 10.9 Å². The Morgan fingerprint density at radius 3 is 2.90 bits per heavy atom. The number of nitrogens with zero attached hydrogens (tertiary/aromatic N) is 4. The Labute approximate surface area is 110 Å². The third-order valence-electron chi connectivity index (χ3n) is 2.60. The molecule has 1 N–H and O–H groups in total. The molecule has 0 saturated carbocycles. The average molecular weight is 274 g/mol. The van der Waals surface area contributed by atoms with E-state index in [0.29, 0.717) is 5.52 Å². The van der Waals surface area contributed by atoms with Crippen LogP contribution in [0.25, 0.3) is 17.1 Å². The molecule has 1 aromatic carbocycles. The quantitative estimate of drug-likeness (QED) is 0.568. The van der Waals surface area contributed by atoms with Crippen LogP contribution in [0.2, 0.25) is 0 Å². The van der Waals surface area contributed by atoms with Crippen LogP contribution in [-0.4, -0.2) is 30.8 Å². The number of nitro groups is 1. The Kier molecular flexibility index (Phi) is 2.46. The van der Waals surface area contributed by atoms with Gasteiger partial charge in [-0.05, 0) is 18.2 Å². The van der Waals surface area contributed by atoms with Crippen LogP contribution in [0.1, 0.15) is 10.4 Å². The van der Waals surface area contributed by atoms with Crippen LogP contribution in [-0.2, 0) is 0 Å². The summed E-state index contributed by atoms with van der Waals surface area (Å²) in [4.78, 5) is 24.9. The first-order chi connectivity index (χ1) is 9.54. The minimum atomic E-state index is -1.08. The number of carboxylic acid groups (broad SMARTS) is 1. The van der Waals surface area contributed by atoms with Crippen molar-refractivity contribution in [3.63, 3.8) is 0 Å². The lowest BCUT2D eigenvalue weighted by atomic mass is 10.2. The van der Waals surface area contributed by atoms with Gasteiger partial charge >= 0.3 is 17.7 Å². The molecular weight excluding hydrogens is 268 g/mol. The van der Waals surface area contributed by atoms with Gasteiger partial charge in [-0.25, -0.2) is 4.79 Å². The topological polar surface area (TPSA) is 124 Å². The van der Waals surface area contributed by atoms with Gasteiger partial charge in [-0.15, -0.1) is 0 Å². The molecular formula is C11H6N4O5. The van der Waals surface area contributed by atoms with Crippen molar-refractivity contribution in [1.29, 1.82) is 0 Å². The zero-order valence-electron chi connectivity index (χ0n) is 9.76. The summed E-state index contributed by atoms with van der Waals surface area (Å²) in [6.07, 6.45) is 2.22. The van der Waals surface area contributed by atoms with Gasteiger partial charge in [0.1, 0.15) is 17.9 Å². The molecule has 2 aromatic heterocycles. The van der Waals surface area contributed by atoms with E-state index in [0.717, 1.165) is 17.1 Å². The van der Waals surface area contributed by atoms with Crippen molar-refractivity contribution in [2.75, 3.05) is 0 Å². The van der Waals surface area contributed by atoms with Crippen molar-refractivity contribution < 1.29 is 19.2 Å². The number of fused-ring (bicyclic) bond motifs is 1. The van der Waals surface area contributed by atoms with Gasteiger partial charge in [0.25, 0.3) is 0 Å². The molecule has 0 spiro atoms. The molecule has 0 radical (unpaired) electrons. The van der Waals surface area contributed by atoms with Crippen LogP contribution < -0.4 is 0 Å². The number of carboxylic acids is 1. The van der Waals surface area contributed by atoms with E-state index in [1.54, 1.807) is 0 Å². The molecule has 20 heavy (non-hydrogen) atoms. The molecule has 0 saturated heterocycles. The number of aromatic nitrogens is 3. The van der Waals surface area contributed by atoms with Crippen LogP contribution in [0, 0.1) is 10.1 Å². The third-order valence-corrected chi connectivity index (χ3v) is 2.60. The molecule has 0 fully saturated rings. The lowest BCUT2D eigenvalue weighted by molar-refractivity contribution is -0.384. The molecule has 2 heterocycles. The molecule has 0 unspecified atom stereocenters. The van der Waals surface area contributed by atoms with Crippen molar-refractivity contribution in [3.8, 4) is 6.01 Å². The second-order valence-electron chi connectivity index (χ2n) is 3.88. The SMILES string of the molecule is O=C(O)c1ccc2nc(-n3cc([N+](=O)[O-])cn3)oc2c1. The minimum absolute atomic E-state index is 0.0237. The monoisotopic (exact) mass is 274 g/mol. The maximum Gasteiger partial charge on any atom is 0.335 e. The lowest BCUT2D eigenvalue weighted by Crippen LogP contribution is -1.94. The second-order valence-corrected chi connectivity index (χ2v) is 3.88. The molecule has 3 rings (SSSR count). The first kappa shape index (κ1) is 11.8. The molecule has 0 aliphatic rings. The molecule has 0 aliphatic carbocycles. The molecule has 0 amide bonds. The van der Waals surface area contributed by atoms with Gasteiger partial charge in [-0.3, -0.25) is 10.1 Å². The standard InChI is InChI=1S/C11H6N4O5/c16-10(17)6-1-2-8-9(3-6)20-11(13-8)14-5-7(4-12-14)15(18)19/h1-5H,(H,16,17). The summed E-state index contributed by atoms with van der Waals surface area (Å²) in [5.74, 6) is -1.08. The van der Waals surface area contributed by atoms with Crippen molar-refractivity contribution in [3.05, 3.63) is 46.3 Å². The van der Waals surface area contributed by atoms with Crippen LogP contribution in [0.4, 0.5) is 5.69 Å². The van der Waals surface area contributed by atoms with E-state index in [2.05, 4.69) is 10.1 Å². The molecule has 0 bridgehead atoms. The van der Waals surface area contributed by atoms with Crippen molar-refractivity contribution >= 4 is 22.8 Å². The van der Waals surface area contributed by atoms with Crippen LogP contribution >= 0.6 is 0 Å². The predicted molar refractivity (Wildman–Crippen MR) is 64.7 cm³/mol. The predicted octanol–water partition coefficient (Wildman–Crippen LogP) is 1.62. The summed E-state index contributed by atoms with van der Waals surface area (Å²) in [5.41, 5.74) is 0.561. The van der Waals surface area contributed by atoms with E-state index >= 15 is 0 Å². The summed E-state index contributed by atoms with van der Waals surface area (Å²) in [7, 11) is 0. The van der Waals surface area contributed by atoms with E-state index in [-0.39, 0.29) is 22.8 Å². The summed E-state index contributed by atoms with van der Waals surface area (Å²) in [6, 6.07) is 4.23. The zero-order chi connectivity index (χ0) is 14.3. The summed E-state index contributed by atoms with van der Waals surface area (Å²) in [6.45, 7) is 0. The highest BCUT2D eigenvalue weighted by Crippen LogP contribution is 2.20. The van der Waals surface area contributed by atoms with Gasteiger partial charge < -0.3 is 9.52 Å². The fourth-order valence-corrected chi connectivity index (χ4v) is 1.66. The number of hydrogen-bond donors (Lipinski definition) is 1. The van der Waals surface area contributed by atoms with Crippen molar-refractivity contribution in [1.82, 2.24) is 14.8 Å². The first-order valence-corrected chi connectivity index (χ1v) is 5.38. The maximum absolute atomic E-state index is 10.8. The smallest absolute Gasteiger partial charge is 0.335 e. The van der Waals surface area contributed by atoms with Crippen LogP contribution in [0.3, 0.4) is 0 Å². The van der Waals surface area contributed by atoms with E-state index in [4.69, 9.17) is 9.52 Å². The molecule has 100 valence electrons. The Balaban J connectivity index is 2.07. The van der Waals surface area contributed by atoms with E-state index in [1.165, 1.54) is 18.2 Å². The fraction of sp³-hybridized carbons (Fsp3) is 0. The third kappa shape index (κ3) is 1.86. The van der Waals surface area contributed by atoms with Gasteiger partial charge in [0, 0.05) is 0 Å². The zero-order valence-corrected chi connectivity index (χ0v) is 9.76. The largest absolute Gasteiger partial charge is 0.478 e. The Morgan fingerprint density at radius 1 is 1.45 bits per heavy atom. The highest BCUT2D eigenvalue weighted by Gasteiger charge is 2.15. The maximum atomic E-state index is 10.8. The van der Waals surface area contributed by atoms with Gasteiger partial charge in [-0.2, -0.15) is 14.8 Å². The summed E-state index contributed by atoms with van der Waals surface area (Å²) < 4.78 is 6.45. The highest BCUT2D eigenvalue weighted by molar-refractivity contribution is 5.91. The minimum Gasteiger partial charge on any atom is -0.478 e. The normalized spacial score (nSPS) is 10.8. The van der Waals surface area contributed by atoms with Gasteiger partial charge in [-0.1, -0.05) is 0 Å². The fourth-order valence-electron chi connectivity index (χ4n) is 1.66. The van der Waals surface area contributed by atoms with Gasteiger partial charge in [0.05, 0.1) is 10.5 Å². The highest BCUT2D eigenvalue weighted by atomic mass is 16.6. The first-order valence-electron chi connectivity index (χ1n) is 5.38. The number of hydrogen-bond acceptors (Lipinski definition) is 6. The number of oxazole rings is 1. The Bertz CT molecular complexity index is 834. The van der Waals surface area contributed by atoms with Crippen LogP contribution in [0.5, 0.6) is 0 Å². The number of carbonyl (C=O) groups is 1. The number of benzene rings is 1.